The molecular formula is C22H27ClN2O2. The van der Waals surface area contributed by atoms with Crippen molar-refractivity contribution < 1.29 is 9.90 Å². The van der Waals surface area contributed by atoms with Crippen molar-refractivity contribution in [1.29, 1.82) is 0 Å². The fourth-order valence-electron chi connectivity index (χ4n) is 3.70. The van der Waals surface area contributed by atoms with Gasteiger partial charge in [-0.3, -0.25) is 4.79 Å². The number of phenolic OH excluding ortho intramolecular Hbond substituents is 1. The van der Waals surface area contributed by atoms with Gasteiger partial charge >= 0.3 is 0 Å². The number of amides is 1. The summed E-state index contributed by atoms with van der Waals surface area (Å²) in [6.45, 7) is 0. The summed E-state index contributed by atoms with van der Waals surface area (Å²) in [4.78, 5) is 14.7. The maximum atomic E-state index is 12.6. The van der Waals surface area contributed by atoms with Crippen LogP contribution in [0.15, 0.2) is 48.5 Å². The number of carbonyl (C=O) groups excluding carboxylic acids is 1. The maximum absolute atomic E-state index is 12.6. The van der Waals surface area contributed by atoms with Gasteiger partial charge in [-0.15, -0.1) is 11.6 Å². The van der Waals surface area contributed by atoms with Gasteiger partial charge in [0.2, 0.25) is 5.91 Å². The van der Waals surface area contributed by atoms with E-state index in [2.05, 4.69) is 22.3 Å². The monoisotopic (exact) mass is 386 g/mol. The molecule has 0 saturated carbocycles. The molecule has 0 aliphatic heterocycles. The first-order chi connectivity index (χ1) is 12.9. The third-order valence-corrected chi connectivity index (χ3v) is 5.73. The van der Waals surface area contributed by atoms with Gasteiger partial charge in [-0.05, 0) is 62.2 Å². The quantitative estimate of drug-likeness (QED) is 0.714. The number of alkyl halides is 1. The van der Waals surface area contributed by atoms with Crippen molar-refractivity contribution in [2.75, 3.05) is 14.1 Å². The summed E-state index contributed by atoms with van der Waals surface area (Å²) in [6, 6.07) is 15.5. The normalized spacial score (nSPS) is 19.7. The Hall–Kier alpha value is -2.04. The van der Waals surface area contributed by atoms with E-state index in [-0.39, 0.29) is 29.1 Å². The highest BCUT2D eigenvalue weighted by Crippen LogP contribution is 2.34. The molecule has 0 heterocycles. The molecule has 144 valence electrons. The average molecular weight is 387 g/mol. The molecule has 3 rings (SSSR count). The molecule has 0 aromatic heterocycles. The van der Waals surface area contributed by atoms with Crippen LogP contribution in [0.1, 0.15) is 35.6 Å². The summed E-state index contributed by atoms with van der Waals surface area (Å²) in [5.41, 5.74) is 3.51. The van der Waals surface area contributed by atoms with Crippen LogP contribution in [-0.2, 0) is 17.6 Å². The number of hydrogen-bond acceptors (Lipinski definition) is 3. The van der Waals surface area contributed by atoms with E-state index in [1.54, 1.807) is 12.1 Å². The van der Waals surface area contributed by atoms with Crippen molar-refractivity contribution in [2.45, 2.75) is 43.1 Å². The van der Waals surface area contributed by atoms with E-state index in [9.17, 15) is 9.90 Å². The van der Waals surface area contributed by atoms with Gasteiger partial charge in [-0.1, -0.05) is 36.4 Å². The molecule has 0 spiro atoms. The zero-order chi connectivity index (χ0) is 19.4. The number of likely N-dealkylation sites (N-methyl/N-ethyl adjacent to an activating group) is 1. The Bertz CT molecular complexity index is 776. The molecule has 0 radical (unpaired) electrons. The lowest BCUT2D eigenvalue weighted by molar-refractivity contribution is -0.122. The summed E-state index contributed by atoms with van der Waals surface area (Å²) in [5.74, 6) is 0.312. The van der Waals surface area contributed by atoms with E-state index < -0.39 is 0 Å². The van der Waals surface area contributed by atoms with E-state index in [4.69, 9.17) is 11.6 Å². The highest BCUT2D eigenvalue weighted by molar-refractivity contribution is 6.21. The Morgan fingerprint density at radius 2 is 1.93 bits per heavy atom. The van der Waals surface area contributed by atoms with Gasteiger partial charge < -0.3 is 15.3 Å². The Balaban J connectivity index is 1.56. The molecule has 1 aliphatic rings. The molecule has 1 amide bonds. The van der Waals surface area contributed by atoms with Crippen LogP contribution < -0.4 is 5.32 Å². The topological polar surface area (TPSA) is 52.6 Å². The first-order valence-corrected chi connectivity index (χ1v) is 9.83. The minimum Gasteiger partial charge on any atom is -0.508 e. The Morgan fingerprint density at radius 3 is 2.63 bits per heavy atom. The van der Waals surface area contributed by atoms with Crippen LogP contribution in [0, 0.1) is 0 Å². The van der Waals surface area contributed by atoms with Crippen molar-refractivity contribution in [3.8, 4) is 5.75 Å². The molecule has 2 aromatic carbocycles. The van der Waals surface area contributed by atoms with Gasteiger partial charge in [0.25, 0.3) is 0 Å². The van der Waals surface area contributed by atoms with Crippen molar-refractivity contribution in [1.82, 2.24) is 10.2 Å². The standard InChI is InChI=1S/C22H27ClN2O2/c1-25(2)17(13-15-7-10-18(26)11-8-15)9-12-21(27)24-22-19-6-4-3-5-16(19)14-20(22)23/h3-8,10-11,17,20,22,26H,9,12-14H2,1-2H3,(H,24,27)/t17-,20?,22?/m1/s1. The fraction of sp³-hybridized carbons (Fsp3) is 0.409. The number of benzene rings is 2. The molecule has 0 bridgehead atoms. The molecule has 2 unspecified atom stereocenters. The first-order valence-electron chi connectivity index (χ1n) is 9.39. The van der Waals surface area contributed by atoms with Crippen LogP contribution in [0.2, 0.25) is 0 Å². The highest BCUT2D eigenvalue weighted by Gasteiger charge is 2.31. The van der Waals surface area contributed by atoms with Gasteiger partial charge in [0, 0.05) is 12.5 Å². The summed E-state index contributed by atoms with van der Waals surface area (Å²) in [5, 5.41) is 12.5. The molecule has 0 saturated heterocycles. The second-order valence-electron chi connectivity index (χ2n) is 7.49. The van der Waals surface area contributed by atoms with E-state index in [1.165, 1.54) is 5.56 Å². The number of fused-ring (bicyclic) bond motifs is 1. The van der Waals surface area contributed by atoms with Gasteiger partial charge in [-0.25, -0.2) is 0 Å². The molecule has 5 heteroatoms. The Labute approximate surface area is 166 Å². The molecule has 2 N–H and O–H groups in total. The summed E-state index contributed by atoms with van der Waals surface area (Å²) < 4.78 is 0. The largest absolute Gasteiger partial charge is 0.508 e. The molecule has 2 aromatic rings. The van der Waals surface area contributed by atoms with Crippen LogP contribution in [0.4, 0.5) is 0 Å². The number of carbonyl (C=O) groups is 1. The lowest BCUT2D eigenvalue weighted by atomic mass is 10.0. The third kappa shape index (κ3) is 5.02. The highest BCUT2D eigenvalue weighted by atomic mass is 35.5. The summed E-state index contributed by atoms with van der Waals surface area (Å²) >= 11 is 6.48. The Kier molecular flexibility index (Phi) is 6.40. The number of phenols is 1. The number of hydrogen-bond donors (Lipinski definition) is 2. The van der Waals surface area contributed by atoms with Gasteiger partial charge in [0.05, 0.1) is 11.4 Å². The van der Waals surface area contributed by atoms with Crippen LogP contribution >= 0.6 is 11.6 Å². The minimum atomic E-state index is -0.106. The predicted molar refractivity (Wildman–Crippen MR) is 109 cm³/mol. The van der Waals surface area contributed by atoms with Crippen LogP contribution in [0.3, 0.4) is 0 Å². The number of nitrogens with zero attached hydrogens (tertiary/aromatic N) is 1. The van der Waals surface area contributed by atoms with Crippen molar-refractivity contribution in [3.05, 3.63) is 65.2 Å². The van der Waals surface area contributed by atoms with Crippen molar-refractivity contribution >= 4 is 17.5 Å². The number of aromatic hydroxyl groups is 1. The molecule has 0 fully saturated rings. The second-order valence-corrected chi connectivity index (χ2v) is 8.05. The van der Waals surface area contributed by atoms with Crippen LogP contribution in [0.5, 0.6) is 5.75 Å². The fourth-order valence-corrected chi connectivity index (χ4v) is 4.07. The van der Waals surface area contributed by atoms with Gasteiger partial charge in [0.15, 0.2) is 0 Å². The smallest absolute Gasteiger partial charge is 0.220 e. The number of nitrogens with one attached hydrogen (secondary N) is 1. The predicted octanol–water partition coefficient (Wildman–Crippen LogP) is 3.67. The maximum Gasteiger partial charge on any atom is 0.220 e. The number of halogens is 1. The zero-order valence-corrected chi connectivity index (χ0v) is 16.6. The zero-order valence-electron chi connectivity index (χ0n) is 15.9. The van der Waals surface area contributed by atoms with Gasteiger partial charge in [-0.2, -0.15) is 0 Å². The molecule has 3 atom stereocenters. The van der Waals surface area contributed by atoms with Crippen LogP contribution in [-0.4, -0.2) is 41.4 Å². The first kappa shape index (κ1) is 19.7. The van der Waals surface area contributed by atoms with E-state index >= 15 is 0 Å². The van der Waals surface area contributed by atoms with Crippen molar-refractivity contribution in [3.63, 3.8) is 0 Å². The number of rotatable bonds is 7. The van der Waals surface area contributed by atoms with E-state index in [1.807, 2.05) is 38.4 Å². The van der Waals surface area contributed by atoms with E-state index in [0.29, 0.717) is 6.42 Å². The molecule has 27 heavy (non-hydrogen) atoms. The lowest BCUT2D eigenvalue weighted by Crippen LogP contribution is -2.35. The SMILES string of the molecule is CN(C)[C@H](CCC(=O)NC1c2ccccc2CC1Cl)Cc1ccc(O)cc1. The van der Waals surface area contributed by atoms with Crippen LogP contribution in [0.25, 0.3) is 0 Å². The summed E-state index contributed by atoms with van der Waals surface area (Å²) in [7, 11) is 4.07. The molecule has 1 aliphatic carbocycles. The lowest BCUT2D eigenvalue weighted by Gasteiger charge is -2.25. The average Bonchev–Trinajstić information content (AvgIpc) is 2.95. The molecule has 4 nitrogen and oxygen atoms in total. The van der Waals surface area contributed by atoms with E-state index in [0.717, 1.165) is 30.4 Å². The Morgan fingerprint density at radius 1 is 1.22 bits per heavy atom. The molecular weight excluding hydrogens is 360 g/mol. The minimum absolute atomic E-state index is 0.0416. The second kappa shape index (κ2) is 8.77. The third-order valence-electron chi connectivity index (χ3n) is 5.33. The van der Waals surface area contributed by atoms with Gasteiger partial charge in [0.1, 0.15) is 5.75 Å². The summed E-state index contributed by atoms with van der Waals surface area (Å²) in [6.07, 6.45) is 2.86. The van der Waals surface area contributed by atoms with Crippen molar-refractivity contribution in [2.24, 2.45) is 0 Å².